The van der Waals surface area contributed by atoms with Gasteiger partial charge in [0.1, 0.15) is 4.99 Å². The largest absolute Gasteiger partial charge is 0.389 e. The number of nitrogens with one attached hydrogen (secondary N) is 1. The van der Waals surface area contributed by atoms with Gasteiger partial charge in [0.2, 0.25) is 5.91 Å². The van der Waals surface area contributed by atoms with E-state index in [2.05, 4.69) is 10.2 Å². The van der Waals surface area contributed by atoms with E-state index in [1.165, 1.54) is 19.4 Å². The maximum absolute atomic E-state index is 12.2. The summed E-state index contributed by atoms with van der Waals surface area (Å²) in [6, 6.07) is 8.48. The van der Waals surface area contributed by atoms with E-state index in [0.717, 1.165) is 24.1 Å². The third kappa shape index (κ3) is 3.24. The van der Waals surface area contributed by atoms with Gasteiger partial charge in [0.25, 0.3) is 0 Å². The molecule has 3 rings (SSSR count). The highest BCUT2D eigenvalue weighted by molar-refractivity contribution is 7.80. The molecule has 2 fully saturated rings. The number of benzene rings is 1. The first kappa shape index (κ1) is 14.5. The Morgan fingerprint density at radius 3 is 2.76 bits per heavy atom. The average Bonchev–Trinajstić information content (AvgIpc) is 3.04. The van der Waals surface area contributed by atoms with Crippen LogP contribution in [0.5, 0.6) is 0 Å². The van der Waals surface area contributed by atoms with Crippen molar-refractivity contribution in [2.75, 3.05) is 13.1 Å². The zero-order valence-electron chi connectivity index (χ0n) is 12.0. The Balaban J connectivity index is 1.55. The second kappa shape index (κ2) is 6.12. The zero-order valence-corrected chi connectivity index (χ0v) is 12.9. The Kier molecular flexibility index (Phi) is 4.22. The van der Waals surface area contributed by atoms with Gasteiger partial charge in [0, 0.05) is 24.2 Å². The number of thiocarbonyl (C=S) groups is 1. The van der Waals surface area contributed by atoms with Gasteiger partial charge in [0.15, 0.2) is 0 Å². The van der Waals surface area contributed by atoms with Crippen LogP contribution in [0, 0.1) is 0 Å². The molecule has 0 bridgehead atoms. The molecule has 1 aromatic rings. The normalized spacial score (nSPS) is 24.8. The molecule has 0 aliphatic carbocycles. The maximum Gasteiger partial charge on any atom is 0.224 e. The summed E-state index contributed by atoms with van der Waals surface area (Å²) >= 11 is 4.93. The third-order valence-corrected chi connectivity index (χ3v) is 4.79. The summed E-state index contributed by atoms with van der Waals surface area (Å²) in [6.45, 7) is 2.32. The monoisotopic (exact) mass is 303 g/mol. The summed E-state index contributed by atoms with van der Waals surface area (Å²) in [5.41, 5.74) is 7.40. The molecule has 5 heteroatoms. The molecular weight excluding hydrogens is 282 g/mol. The van der Waals surface area contributed by atoms with E-state index in [1.807, 2.05) is 24.3 Å². The van der Waals surface area contributed by atoms with Crippen LogP contribution < -0.4 is 11.1 Å². The molecule has 0 radical (unpaired) electrons. The van der Waals surface area contributed by atoms with Crippen LogP contribution in [-0.4, -0.2) is 41.0 Å². The first-order chi connectivity index (χ1) is 10.1. The van der Waals surface area contributed by atoms with Crippen molar-refractivity contribution in [3.63, 3.8) is 0 Å². The molecule has 2 unspecified atom stereocenters. The van der Waals surface area contributed by atoms with Gasteiger partial charge in [-0.2, -0.15) is 0 Å². The van der Waals surface area contributed by atoms with E-state index in [1.54, 1.807) is 0 Å². The quantitative estimate of drug-likeness (QED) is 0.821. The molecule has 2 saturated heterocycles. The summed E-state index contributed by atoms with van der Waals surface area (Å²) in [5.74, 6) is 0.108. The van der Waals surface area contributed by atoms with Gasteiger partial charge in [-0.05, 0) is 31.4 Å². The van der Waals surface area contributed by atoms with Gasteiger partial charge in [-0.1, -0.05) is 36.5 Å². The molecule has 0 spiro atoms. The highest BCUT2D eigenvalue weighted by Gasteiger charge is 2.37. The SMILES string of the molecule is NC(=S)c1ccc(CC(=O)NC2CCN3CCCC23)cc1. The van der Waals surface area contributed by atoms with E-state index in [4.69, 9.17) is 18.0 Å². The molecule has 3 N–H and O–H groups in total. The van der Waals surface area contributed by atoms with E-state index in [9.17, 15) is 4.79 Å². The molecule has 4 nitrogen and oxygen atoms in total. The van der Waals surface area contributed by atoms with Crippen LogP contribution in [0.4, 0.5) is 0 Å². The van der Waals surface area contributed by atoms with Crippen LogP contribution in [0.3, 0.4) is 0 Å². The third-order valence-electron chi connectivity index (χ3n) is 4.56. The van der Waals surface area contributed by atoms with Crippen molar-refractivity contribution in [1.82, 2.24) is 10.2 Å². The second-order valence-electron chi connectivity index (χ2n) is 5.95. The van der Waals surface area contributed by atoms with Crippen molar-refractivity contribution in [3.05, 3.63) is 35.4 Å². The molecule has 2 heterocycles. The van der Waals surface area contributed by atoms with Crippen LogP contribution in [-0.2, 0) is 11.2 Å². The van der Waals surface area contributed by atoms with Gasteiger partial charge in [0.05, 0.1) is 6.42 Å². The van der Waals surface area contributed by atoms with Crippen molar-refractivity contribution < 1.29 is 4.79 Å². The summed E-state index contributed by atoms with van der Waals surface area (Å²) in [5, 5.41) is 3.21. The van der Waals surface area contributed by atoms with Crippen molar-refractivity contribution >= 4 is 23.1 Å². The van der Waals surface area contributed by atoms with Crippen LogP contribution in [0.2, 0.25) is 0 Å². The Bertz CT molecular complexity index is 543. The standard InChI is InChI=1S/C16H21N3OS/c17-16(21)12-5-3-11(4-6-12)10-15(20)18-13-7-9-19-8-1-2-14(13)19/h3-6,13-14H,1-2,7-10H2,(H2,17,21)(H,18,20). The fourth-order valence-corrected chi connectivity index (χ4v) is 3.62. The highest BCUT2D eigenvalue weighted by atomic mass is 32.1. The predicted octanol–water partition coefficient (Wildman–Crippen LogP) is 1.22. The topological polar surface area (TPSA) is 58.4 Å². The Hall–Kier alpha value is -1.46. The number of rotatable bonds is 4. The fraction of sp³-hybridized carbons (Fsp3) is 0.500. The van der Waals surface area contributed by atoms with Gasteiger partial charge < -0.3 is 11.1 Å². The molecule has 1 aromatic carbocycles. The zero-order chi connectivity index (χ0) is 14.8. The summed E-state index contributed by atoms with van der Waals surface area (Å²) in [7, 11) is 0. The predicted molar refractivity (Wildman–Crippen MR) is 87.2 cm³/mol. The van der Waals surface area contributed by atoms with Gasteiger partial charge in [-0.15, -0.1) is 0 Å². The summed E-state index contributed by atoms with van der Waals surface area (Å²) in [6.07, 6.45) is 3.97. The van der Waals surface area contributed by atoms with Crippen LogP contribution >= 0.6 is 12.2 Å². The average molecular weight is 303 g/mol. The lowest BCUT2D eigenvalue weighted by Crippen LogP contribution is -2.42. The number of nitrogens with zero attached hydrogens (tertiary/aromatic N) is 1. The van der Waals surface area contributed by atoms with Gasteiger partial charge >= 0.3 is 0 Å². The second-order valence-corrected chi connectivity index (χ2v) is 6.39. The lowest BCUT2D eigenvalue weighted by Gasteiger charge is -2.21. The van der Waals surface area contributed by atoms with Crippen LogP contribution in [0.15, 0.2) is 24.3 Å². The smallest absolute Gasteiger partial charge is 0.224 e. The lowest BCUT2D eigenvalue weighted by molar-refractivity contribution is -0.121. The Labute approximate surface area is 130 Å². The molecular formula is C16H21N3OS. The summed E-state index contributed by atoms with van der Waals surface area (Å²) < 4.78 is 0. The number of carbonyl (C=O) groups is 1. The number of amides is 1. The first-order valence-electron chi connectivity index (χ1n) is 7.55. The van der Waals surface area contributed by atoms with Crippen LogP contribution in [0.25, 0.3) is 0 Å². The van der Waals surface area contributed by atoms with E-state index in [-0.39, 0.29) is 5.91 Å². The molecule has 0 saturated carbocycles. The number of hydrogen-bond acceptors (Lipinski definition) is 3. The van der Waals surface area contributed by atoms with Crippen molar-refractivity contribution in [2.45, 2.75) is 37.8 Å². The first-order valence-corrected chi connectivity index (χ1v) is 7.96. The maximum atomic E-state index is 12.2. The van der Waals surface area contributed by atoms with E-state index < -0.39 is 0 Å². The summed E-state index contributed by atoms with van der Waals surface area (Å²) in [4.78, 5) is 15.1. The van der Waals surface area contributed by atoms with Gasteiger partial charge in [-0.25, -0.2) is 0 Å². The molecule has 2 atom stereocenters. The van der Waals surface area contributed by atoms with Crippen molar-refractivity contribution in [3.8, 4) is 0 Å². The number of nitrogens with two attached hydrogens (primary N) is 1. The Morgan fingerprint density at radius 1 is 1.29 bits per heavy atom. The molecule has 21 heavy (non-hydrogen) atoms. The van der Waals surface area contributed by atoms with Crippen molar-refractivity contribution in [2.24, 2.45) is 5.73 Å². The Morgan fingerprint density at radius 2 is 2.05 bits per heavy atom. The fourth-order valence-electron chi connectivity index (χ4n) is 3.48. The van der Waals surface area contributed by atoms with E-state index >= 15 is 0 Å². The minimum absolute atomic E-state index is 0.108. The number of fused-ring (bicyclic) bond motifs is 1. The minimum Gasteiger partial charge on any atom is -0.389 e. The van der Waals surface area contributed by atoms with E-state index in [0.29, 0.717) is 23.5 Å². The number of hydrogen-bond donors (Lipinski definition) is 2. The number of carbonyl (C=O) groups excluding carboxylic acids is 1. The molecule has 112 valence electrons. The molecule has 2 aliphatic rings. The van der Waals surface area contributed by atoms with Crippen LogP contribution in [0.1, 0.15) is 30.4 Å². The lowest BCUT2D eigenvalue weighted by atomic mass is 10.1. The molecule has 0 aromatic heterocycles. The van der Waals surface area contributed by atoms with Gasteiger partial charge in [-0.3, -0.25) is 9.69 Å². The minimum atomic E-state index is 0.108. The molecule has 1 amide bonds. The van der Waals surface area contributed by atoms with Crippen molar-refractivity contribution in [1.29, 1.82) is 0 Å². The highest BCUT2D eigenvalue weighted by Crippen LogP contribution is 2.27. The molecule has 2 aliphatic heterocycles.